The Hall–Kier alpha value is -0.900. The Bertz CT molecular complexity index is 309. The van der Waals surface area contributed by atoms with Gasteiger partial charge in [-0.15, -0.1) is 0 Å². The van der Waals surface area contributed by atoms with Gasteiger partial charge in [-0.3, -0.25) is 0 Å². The molecule has 94 valence electrons. The first-order valence-corrected chi connectivity index (χ1v) is 6.37. The summed E-state index contributed by atoms with van der Waals surface area (Å²) in [5.74, 6) is 0.746. The predicted molar refractivity (Wildman–Crippen MR) is 70.4 cm³/mol. The highest BCUT2D eigenvalue weighted by Crippen LogP contribution is 2.25. The molecular weight excluding hydrogens is 212 g/mol. The highest BCUT2D eigenvalue weighted by atomic mass is 16.5. The van der Waals surface area contributed by atoms with Crippen molar-refractivity contribution in [3.05, 3.63) is 35.9 Å². The van der Waals surface area contributed by atoms with Gasteiger partial charge in [0.2, 0.25) is 0 Å². The molecule has 0 atom stereocenters. The van der Waals surface area contributed by atoms with E-state index >= 15 is 0 Å². The Labute approximate surface area is 104 Å². The number of nitrogens with one attached hydrogen (secondary N) is 1. The number of likely N-dealkylation sites (tertiary alicyclic amines) is 1. The zero-order valence-corrected chi connectivity index (χ0v) is 10.6. The lowest BCUT2D eigenvalue weighted by Crippen LogP contribution is -2.47. The minimum Gasteiger partial charge on any atom is -0.383 e. The van der Waals surface area contributed by atoms with Crippen molar-refractivity contribution in [2.24, 2.45) is 0 Å². The number of hydrogen-bond donors (Lipinski definition) is 1. The fraction of sp³-hybridized carbons (Fsp3) is 0.571. The molecule has 0 aromatic heterocycles. The van der Waals surface area contributed by atoms with Gasteiger partial charge < -0.3 is 15.0 Å². The highest BCUT2D eigenvalue weighted by Gasteiger charge is 2.26. The summed E-state index contributed by atoms with van der Waals surface area (Å²) in [7, 11) is 1.74. The molecule has 1 aromatic rings. The molecular formula is C14H22N2O. The number of ether oxygens (including phenoxy) is 1. The van der Waals surface area contributed by atoms with Crippen LogP contribution in [0.2, 0.25) is 0 Å². The third-order valence-corrected chi connectivity index (χ3v) is 3.32. The molecule has 0 aliphatic carbocycles. The first-order chi connectivity index (χ1) is 8.40. The molecule has 2 rings (SSSR count). The number of benzene rings is 1. The standard InChI is InChI=1S/C14H22N2O/c1-17-10-8-15-7-9-16-11-14(12-16)13-5-3-2-4-6-13/h2-6,14-15H,7-12H2,1H3. The topological polar surface area (TPSA) is 24.5 Å². The molecule has 0 unspecified atom stereocenters. The predicted octanol–water partition coefficient (Wildman–Crippen LogP) is 1.32. The van der Waals surface area contributed by atoms with Crippen LogP contribution in [0.5, 0.6) is 0 Å². The molecule has 3 heteroatoms. The van der Waals surface area contributed by atoms with Crippen molar-refractivity contribution in [3.63, 3.8) is 0 Å². The van der Waals surface area contributed by atoms with Gasteiger partial charge in [0.25, 0.3) is 0 Å². The number of methoxy groups -OCH3 is 1. The minimum absolute atomic E-state index is 0.746. The second-order valence-electron chi connectivity index (χ2n) is 4.61. The Kier molecular flexibility index (Phi) is 4.98. The zero-order chi connectivity index (χ0) is 11.9. The van der Waals surface area contributed by atoms with E-state index in [1.807, 2.05) is 0 Å². The lowest BCUT2D eigenvalue weighted by molar-refractivity contribution is 0.146. The molecule has 1 fully saturated rings. The van der Waals surface area contributed by atoms with Gasteiger partial charge in [-0.2, -0.15) is 0 Å². The van der Waals surface area contributed by atoms with E-state index in [-0.39, 0.29) is 0 Å². The quantitative estimate of drug-likeness (QED) is 0.720. The van der Waals surface area contributed by atoms with Crippen LogP contribution >= 0.6 is 0 Å². The molecule has 0 radical (unpaired) electrons. The second kappa shape index (κ2) is 6.74. The summed E-state index contributed by atoms with van der Waals surface area (Å²) in [4.78, 5) is 2.50. The molecule has 17 heavy (non-hydrogen) atoms. The van der Waals surface area contributed by atoms with Gasteiger partial charge in [-0.05, 0) is 5.56 Å². The molecule has 1 heterocycles. The van der Waals surface area contributed by atoms with Crippen molar-refractivity contribution in [2.45, 2.75) is 5.92 Å². The van der Waals surface area contributed by atoms with Gasteiger partial charge in [0.1, 0.15) is 0 Å². The monoisotopic (exact) mass is 234 g/mol. The maximum absolute atomic E-state index is 4.99. The first kappa shape index (κ1) is 12.6. The molecule has 0 spiro atoms. The highest BCUT2D eigenvalue weighted by molar-refractivity contribution is 5.22. The van der Waals surface area contributed by atoms with Crippen molar-refractivity contribution < 1.29 is 4.74 Å². The molecule has 1 aliphatic rings. The molecule has 1 aromatic carbocycles. The van der Waals surface area contributed by atoms with Crippen molar-refractivity contribution in [2.75, 3.05) is 46.4 Å². The van der Waals surface area contributed by atoms with Crippen LogP contribution in [0.15, 0.2) is 30.3 Å². The largest absolute Gasteiger partial charge is 0.383 e. The van der Waals surface area contributed by atoms with Gasteiger partial charge >= 0.3 is 0 Å². The second-order valence-corrected chi connectivity index (χ2v) is 4.61. The summed E-state index contributed by atoms with van der Waals surface area (Å²) < 4.78 is 4.99. The van der Waals surface area contributed by atoms with Crippen LogP contribution in [-0.2, 0) is 4.74 Å². The van der Waals surface area contributed by atoms with Crippen LogP contribution in [0, 0.1) is 0 Å². The lowest BCUT2D eigenvalue weighted by Gasteiger charge is -2.39. The Morgan fingerprint density at radius 1 is 1.24 bits per heavy atom. The van der Waals surface area contributed by atoms with Crippen molar-refractivity contribution in [1.82, 2.24) is 10.2 Å². The molecule has 0 amide bonds. The van der Waals surface area contributed by atoms with E-state index in [9.17, 15) is 0 Å². The van der Waals surface area contributed by atoms with E-state index in [4.69, 9.17) is 4.74 Å². The zero-order valence-electron chi connectivity index (χ0n) is 10.6. The number of hydrogen-bond acceptors (Lipinski definition) is 3. The Morgan fingerprint density at radius 3 is 2.71 bits per heavy atom. The molecule has 1 saturated heterocycles. The van der Waals surface area contributed by atoms with Crippen LogP contribution in [0.25, 0.3) is 0 Å². The lowest BCUT2D eigenvalue weighted by atomic mass is 9.92. The fourth-order valence-corrected chi connectivity index (χ4v) is 2.22. The Balaban J connectivity index is 1.57. The third kappa shape index (κ3) is 3.80. The van der Waals surface area contributed by atoms with Crippen LogP contribution < -0.4 is 5.32 Å². The van der Waals surface area contributed by atoms with E-state index < -0.39 is 0 Å². The van der Waals surface area contributed by atoms with Gasteiger partial charge in [0.05, 0.1) is 6.61 Å². The Morgan fingerprint density at radius 2 is 2.00 bits per heavy atom. The molecule has 1 aliphatic heterocycles. The van der Waals surface area contributed by atoms with Gasteiger partial charge in [0, 0.05) is 45.8 Å². The average Bonchev–Trinajstić information content (AvgIpc) is 2.32. The molecule has 3 nitrogen and oxygen atoms in total. The van der Waals surface area contributed by atoms with E-state index in [1.165, 1.54) is 18.7 Å². The fourth-order valence-electron chi connectivity index (χ4n) is 2.22. The normalized spacial score (nSPS) is 17.0. The van der Waals surface area contributed by atoms with Gasteiger partial charge in [-0.1, -0.05) is 30.3 Å². The number of nitrogens with zero attached hydrogens (tertiary/aromatic N) is 1. The van der Waals surface area contributed by atoms with Crippen LogP contribution in [0.3, 0.4) is 0 Å². The minimum atomic E-state index is 0.746. The maximum Gasteiger partial charge on any atom is 0.0587 e. The van der Waals surface area contributed by atoms with Gasteiger partial charge in [-0.25, -0.2) is 0 Å². The molecule has 1 N–H and O–H groups in total. The van der Waals surface area contributed by atoms with Crippen molar-refractivity contribution in [3.8, 4) is 0 Å². The van der Waals surface area contributed by atoms with E-state index in [1.54, 1.807) is 7.11 Å². The summed E-state index contributed by atoms with van der Waals surface area (Å²) in [6.45, 7) is 6.36. The van der Waals surface area contributed by atoms with Crippen molar-refractivity contribution >= 4 is 0 Å². The van der Waals surface area contributed by atoms with Crippen molar-refractivity contribution in [1.29, 1.82) is 0 Å². The van der Waals surface area contributed by atoms with E-state index in [2.05, 4.69) is 40.5 Å². The molecule has 0 saturated carbocycles. The van der Waals surface area contributed by atoms with E-state index in [0.29, 0.717) is 0 Å². The van der Waals surface area contributed by atoms with Gasteiger partial charge in [0.15, 0.2) is 0 Å². The third-order valence-electron chi connectivity index (χ3n) is 3.32. The average molecular weight is 234 g/mol. The summed E-state index contributed by atoms with van der Waals surface area (Å²) in [6.07, 6.45) is 0. The van der Waals surface area contributed by atoms with Crippen LogP contribution in [0.4, 0.5) is 0 Å². The van der Waals surface area contributed by atoms with Crippen LogP contribution in [-0.4, -0.2) is 51.3 Å². The van der Waals surface area contributed by atoms with Crippen LogP contribution in [0.1, 0.15) is 11.5 Å². The molecule has 0 bridgehead atoms. The maximum atomic E-state index is 4.99. The van der Waals surface area contributed by atoms with E-state index in [0.717, 1.165) is 32.2 Å². The smallest absolute Gasteiger partial charge is 0.0587 e. The summed E-state index contributed by atoms with van der Waals surface area (Å²) in [5.41, 5.74) is 1.48. The summed E-state index contributed by atoms with van der Waals surface area (Å²) in [5, 5.41) is 3.37. The summed E-state index contributed by atoms with van der Waals surface area (Å²) in [6, 6.07) is 10.8. The number of rotatable bonds is 7. The SMILES string of the molecule is COCCNCCN1CC(c2ccccc2)C1. The first-order valence-electron chi connectivity index (χ1n) is 6.37. The summed E-state index contributed by atoms with van der Waals surface area (Å²) >= 11 is 0.